The summed E-state index contributed by atoms with van der Waals surface area (Å²) in [6.45, 7) is 0.473. The number of halogens is 1. The first kappa shape index (κ1) is 22.5. The maximum absolute atomic E-state index is 11.7. The molecule has 0 aliphatic carbocycles. The molecule has 0 fully saturated rings. The van der Waals surface area contributed by atoms with Gasteiger partial charge in [0.05, 0.1) is 19.3 Å². The highest BCUT2D eigenvalue weighted by molar-refractivity contribution is 6.30. The van der Waals surface area contributed by atoms with Gasteiger partial charge in [-0.25, -0.2) is 4.79 Å². The van der Waals surface area contributed by atoms with Crippen molar-refractivity contribution in [3.8, 4) is 11.5 Å². The topological polar surface area (TPSA) is 66.0 Å². The number of rotatable bonds is 7. The number of furan rings is 1. The van der Waals surface area contributed by atoms with E-state index in [1.54, 1.807) is 24.3 Å². The third-order valence-corrected chi connectivity index (χ3v) is 5.65. The fourth-order valence-corrected chi connectivity index (χ4v) is 3.94. The molecule has 0 aliphatic heterocycles. The van der Waals surface area contributed by atoms with E-state index in [2.05, 4.69) is 15.6 Å². The Morgan fingerprint density at radius 1 is 1.00 bits per heavy atom. The molecule has 0 unspecified atom stereocenters. The van der Waals surface area contributed by atoms with Crippen LogP contribution in [0.4, 0.5) is 5.69 Å². The molecule has 7 heteroatoms. The highest BCUT2D eigenvalue weighted by atomic mass is 35.5. The molecular weight excluding hydrogens is 464 g/mol. The predicted molar refractivity (Wildman–Crippen MR) is 136 cm³/mol. The number of para-hydroxylation sites is 1. The molecule has 0 spiro atoms. The number of carbonyl (C=O) groups excluding carboxylic acids is 1. The summed E-state index contributed by atoms with van der Waals surface area (Å²) in [4.78, 5) is 16.3. The Kier molecular flexibility index (Phi) is 6.37. The van der Waals surface area contributed by atoms with Crippen LogP contribution in [0.2, 0.25) is 5.02 Å². The van der Waals surface area contributed by atoms with Crippen molar-refractivity contribution in [3.63, 3.8) is 0 Å². The summed E-state index contributed by atoms with van der Waals surface area (Å²) in [7, 11) is 1.33. The van der Waals surface area contributed by atoms with Gasteiger partial charge in [0, 0.05) is 33.9 Å². The van der Waals surface area contributed by atoms with Crippen LogP contribution in [0.25, 0.3) is 10.9 Å². The molecule has 2 aromatic heterocycles. The Morgan fingerprint density at radius 3 is 2.63 bits per heavy atom. The van der Waals surface area contributed by atoms with Crippen molar-refractivity contribution in [2.75, 3.05) is 7.11 Å². The second-order valence-electron chi connectivity index (χ2n) is 7.80. The Labute approximate surface area is 207 Å². The first-order valence-electron chi connectivity index (χ1n) is 10.9. The maximum atomic E-state index is 11.7. The molecule has 5 aromatic rings. The van der Waals surface area contributed by atoms with Crippen molar-refractivity contribution in [1.29, 1.82) is 0 Å². The first-order chi connectivity index (χ1) is 17.1. The minimum absolute atomic E-state index is 0.184. The molecule has 0 radical (unpaired) electrons. The molecule has 0 aliphatic rings. The summed E-state index contributed by atoms with van der Waals surface area (Å²) >= 11 is 6.02. The second-order valence-corrected chi connectivity index (χ2v) is 8.24. The Balaban J connectivity index is 1.35. The molecular formula is C28H21ClN2O4. The van der Waals surface area contributed by atoms with Gasteiger partial charge < -0.3 is 18.5 Å². The van der Waals surface area contributed by atoms with Crippen LogP contribution < -0.4 is 4.74 Å². The average molecular weight is 485 g/mol. The summed E-state index contributed by atoms with van der Waals surface area (Å²) in [5.41, 5.74) is 2.81. The smallest absolute Gasteiger partial charge is 0.373 e. The van der Waals surface area contributed by atoms with E-state index in [1.807, 2.05) is 67.0 Å². The summed E-state index contributed by atoms with van der Waals surface area (Å²) < 4.78 is 18.3. The lowest BCUT2D eigenvalue weighted by atomic mass is 10.2. The molecule has 2 heterocycles. The van der Waals surface area contributed by atoms with E-state index in [1.165, 1.54) is 7.11 Å². The second kappa shape index (κ2) is 9.91. The zero-order valence-corrected chi connectivity index (χ0v) is 19.6. The van der Waals surface area contributed by atoms with E-state index in [9.17, 15) is 4.79 Å². The van der Waals surface area contributed by atoms with E-state index in [0.717, 1.165) is 22.2 Å². The summed E-state index contributed by atoms with van der Waals surface area (Å²) in [5, 5.41) is 1.69. The number of benzene rings is 3. The highest BCUT2D eigenvalue weighted by Gasteiger charge is 2.13. The molecule has 0 saturated carbocycles. The fourth-order valence-electron chi connectivity index (χ4n) is 3.76. The van der Waals surface area contributed by atoms with Crippen LogP contribution in [0.1, 0.15) is 21.9 Å². The lowest BCUT2D eigenvalue weighted by Crippen LogP contribution is -1.99. The van der Waals surface area contributed by atoms with E-state index in [4.69, 9.17) is 25.5 Å². The lowest BCUT2D eigenvalue weighted by molar-refractivity contribution is 0.0563. The van der Waals surface area contributed by atoms with E-state index in [0.29, 0.717) is 28.8 Å². The molecule has 174 valence electrons. The van der Waals surface area contributed by atoms with Crippen LogP contribution in [0, 0.1) is 0 Å². The zero-order valence-electron chi connectivity index (χ0n) is 18.9. The van der Waals surface area contributed by atoms with Crippen molar-refractivity contribution in [3.05, 3.63) is 113 Å². The number of carbonyl (C=O) groups is 1. The van der Waals surface area contributed by atoms with Gasteiger partial charge in [-0.05, 0) is 60.7 Å². The SMILES string of the molecule is COC(=O)c1ccc(Cn2cc(C=Nc3ccc(Oc4cccc(Cl)c4)cc3)c3ccccc32)o1. The molecule has 0 N–H and O–H groups in total. The van der Waals surface area contributed by atoms with Gasteiger partial charge in [-0.3, -0.25) is 4.99 Å². The van der Waals surface area contributed by atoms with Crippen molar-refractivity contribution in [2.24, 2.45) is 4.99 Å². The minimum atomic E-state index is -0.495. The quantitative estimate of drug-likeness (QED) is 0.180. The Bertz CT molecular complexity index is 1520. The Hall–Kier alpha value is -4.29. The fraction of sp³-hybridized carbons (Fsp3) is 0.0714. The molecule has 35 heavy (non-hydrogen) atoms. The van der Waals surface area contributed by atoms with E-state index >= 15 is 0 Å². The number of esters is 1. The van der Waals surface area contributed by atoms with Crippen LogP contribution in [0.15, 0.2) is 101 Å². The summed E-state index contributed by atoms with van der Waals surface area (Å²) in [6, 6.07) is 26.3. The number of hydrogen-bond donors (Lipinski definition) is 0. The number of aliphatic imine (C=N–C) groups is 1. The number of aromatic nitrogens is 1. The third-order valence-electron chi connectivity index (χ3n) is 5.42. The van der Waals surface area contributed by atoms with Gasteiger partial charge in [-0.15, -0.1) is 0 Å². The number of fused-ring (bicyclic) bond motifs is 1. The number of methoxy groups -OCH3 is 1. The van der Waals surface area contributed by atoms with Crippen molar-refractivity contribution in [1.82, 2.24) is 4.57 Å². The highest BCUT2D eigenvalue weighted by Crippen LogP contribution is 2.27. The van der Waals surface area contributed by atoms with Crippen LogP contribution in [0.3, 0.4) is 0 Å². The molecule has 0 atom stereocenters. The van der Waals surface area contributed by atoms with Crippen molar-refractivity contribution < 1.29 is 18.7 Å². The number of hydrogen-bond acceptors (Lipinski definition) is 5. The average Bonchev–Trinajstić information content (AvgIpc) is 3.48. The third kappa shape index (κ3) is 5.13. The van der Waals surface area contributed by atoms with Gasteiger partial charge in [-0.1, -0.05) is 35.9 Å². The first-order valence-corrected chi connectivity index (χ1v) is 11.3. The monoisotopic (exact) mass is 484 g/mol. The van der Waals surface area contributed by atoms with Gasteiger partial charge in [-0.2, -0.15) is 0 Å². The molecule has 0 amide bonds. The standard InChI is InChI=1S/C28H21ClN2O4/c1-33-28(32)27-14-13-24(35-27)18-31-17-19(25-7-2-3-8-26(25)31)16-30-21-9-11-22(12-10-21)34-23-6-4-5-20(29)15-23/h2-17H,18H2,1H3. The summed E-state index contributed by atoms with van der Waals surface area (Å²) in [6.07, 6.45) is 3.86. The molecule has 0 saturated heterocycles. The van der Waals surface area contributed by atoms with E-state index < -0.39 is 5.97 Å². The van der Waals surface area contributed by atoms with Gasteiger partial charge in [0.2, 0.25) is 5.76 Å². The largest absolute Gasteiger partial charge is 0.463 e. The lowest BCUT2D eigenvalue weighted by Gasteiger charge is -2.05. The Morgan fingerprint density at radius 2 is 1.83 bits per heavy atom. The van der Waals surface area contributed by atoms with Crippen LogP contribution in [-0.2, 0) is 11.3 Å². The number of nitrogens with zero attached hydrogens (tertiary/aromatic N) is 2. The van der Waals surface area contributed by atoms with Crippen LogP contribution in [-0.4, -0.2) is 23.9 Å². The van der Waals surface area contributed by atoms with Crippen molar-refractivity contribution in [2.45, 2.75) is 6.54 Å². The van der Waals surface area contributed by atoms with E-state index in [-0.39, 0.29) is 5.76 Å². The summed E-state index contributed by atoms with van der Waals surface area (Å²) in [5.74, 6) is 1.73. The van der Waals surface area contributed by atoms with Gasteiger partial charge >= 0.3 is 5.97 Å². The predicted octanol–water partition coefficient (Wildman–Crippen LogP) is 7.27. The molecule has 6 nitrogen and oxygen atoms in total. The zero-order chi connectivity index (χ0) is 24.2. The van der Waals surface area contributed by atoms with Crippen LogP contribution >= 0.6 is 11.6 Å². The normalized spacial score (nSPS) is 11.3. The van der Waals surface area contributed by atoms with Gasteiger partial charge in [0.1, 0.15) is 17.3 Å². The molecule has 3 aromatic carbocycles. The van der Waals surface area contributed by atoms with Gasteiger partial charge in [0.15, 0.2) is 0 Å². The van der Waals surface area contributed by atoms with Crippen LogP contribution in [0.5, 0.6) is 11.5 Å². The van der Waals surface area contributed by atoms with Gasteiger partial charge in [0.25, 0.3) is 0 Å². The van der Waals surface area contributed by atoms with Crippen molar-refractivity contribution >= 4 is 40.4 Å². The maximum Gasteiger partial charge on any atom is 0.373 e. The molecule has 5 rings (SSSR count). The minimum Gasteiger partial charge on any atom is -0.463 e. The number of ether oxygens (including phenoxy) is 2. The molecule has 0 bridgehead atoms.